The molecule has 0 aliphatic rings. The second-order valence-corrected chi connectivity index (χ2v) is 7.27. The van der Waals surface area contributed by atoms with Crippen LogP contribution in [0.1, 0.15) is 0 Å². The second-order valence-electron chi connectivity index (χ2n) is 7.27. The Labute approximate surface area is 272 Å². The summed E-state index contributed by atoms with van der Waals surface area (Å²) < 4.78 is 20.7. The SMILES string of the molecule is CO.CO.COc1ccccc1N=N[N-]c1ccccc1OC.COc1ccccc1N=N[N-]c1ccccc1OC.[Cd+2]. The fourth-order valence-electron chi connectivity index (χ4n) is 3.09. The molecular formula is C30H36CdN6O6. The second kappa shape index (κ2) is 24.3. The molecule has 0 bridgehead atoms. The number of aliphatic hydroxyl groups excluding tert-OH is 2. The molecule has 13 heteroatoms. The van der Waals surface area contributed by atoms with E-state index in [1.165, 1.54) is 0 Å². The van der Waals surface area contributed by atoms with Gasteiger partial charge in [0.2, 0.25) is 0 Å². The molecule has 0 aromatic heterocycles. The minimum atomic E-state index is 0. The van der Waals surface area contributed by atoms with Crippen molar-refractivity contribution in [2.24, 2.45) is 20.7 Å². The average Bonchev–Trinajstić information content (AvgIpc) is 3.07. The van der Waals surface area contributed by atoms with Gasteiger partial charge in [0.1, 0.15) is 23.0 Å². The first-order valence-corrected chi connectivity index (χ1v) is 12.3. The molecule has 0 unspecified atom stereocenters. The van der Waals surface area contributed by atoms with E-state index in [-0.39, 0.29) is 27.3 Å². The van der Waals surface area contributed by atoms with Crippen molar-refractivity contribution in [1.29, 1.82) is 0 Å². The van der Waals surface area contributed by atoms with Gasteiger partial charge in [0.15, 0.2) is 0 Å². The Balaban J connectivity index is 0.000000720. The van der Waals surface area contributed by atoms with Crippen molar-refractivity contribution in [1.82, 2.24) is 0 Å². The van der Waals surface area contributed by atoms with Crippen molar-refractivity contribution in [3.8, 4) is 23.0 Å². The minimum absolute atomic E-state index is 0. The van der Waals surface area contributed by atoms with E-state index in [1.807, 2.05) is 72.8 Å². The van der Waals surface area contributed by atoms with Crippen molar-refractivity contribution in [2.75, 3.05) is 42.7 Å². The predicted molar refractivity (Wildman–Crippen MR) is 163 cm³/mol. The van der Waals surface area contributed by atoms with Gasteiger partial charge in [-0.1, -0.05) is 72.8 Å². The third-order valence-corrected chi connectivity index (χ3v) is 4.95. The first kappa shape index (κ1) is 38.7. The van der Waals surface area contributed by atoms with Crippen LogP contribution in [0, 0.1) is 0 Å². The maximum absolute atomic E-state index is 7.00. The zero-order chi connectivity index (χ0) is 31.0. The van der Waals surface area contributed by atoms with Crippen molar-refractivity contribution in [2.45, 2.75) is 0 Å². The van der Waals surface area contributed by atoms with Crippen LogP contribution in [0.25, 0.3) is 10.9 Å². The maximum atomic E-state index is 7.00. The molecule has 0 saturated heterocycles. The van der Waals surface area contributed by atoms with Crippen molar-refractivity contribution < 1.29 is 56.5 Å². The standard InChI is InChI=1S/2C14H14N3O2.2CH4O.Cd/c2*1-18-13-9-5-3-7-11(13)15-17-16-12-8-4-6-10-14(12)19-2;2*1-2;/h2*3-10H,1-2H3;2*2H,1H3;/q2*-1;;;+2. The normalized spacial score (nSPS) is 9.49. The molecule has 0 saturated carbocycles. The molecule has 0 aliphatic heterocycles. The van der Waals surface area contributed by atoms with E-state index < -0.39 is 0 Å². The molecular weight excluding hydrogens is 653 g/mol. The Morgan fingerprint density at radius 3 is 1.05 bits per heavy atom. The van der Waals surface area contributed by atoms with Crippen LogP contribution in [0.15, 0.2) is 118 Å². The summed E-state index contributed by atoms with van der Waals surface area (Å²) in [7, 11) is 8.36. The molecule has 0 spiro atoms. The smallest absolute Gasteiger partial charge is 0.496 e. The van der Waals surface area contributed by atoms with E-state index in [9.17, 15) is 0 Å². The number of nitrogens with zero attached hydrogens (tertiary/aromatic N) is 6. The Hall–Kier alpha value is -4.28. The van der Waals surface area contributed by atoms with E-state index in [4.69, 9.17) is 29.2 Å². The van der Waals surface area contributed by atoms with Crippen LogP contribution in [0.4, 0.5) is 22.7 Å². The van der Waals surface area contributed by atoms with Gasteiger partial charge in [-0.2, -0.15) is 0 Å². The number of para-hydroxylation sites is 4. The maximum Gasteiger partial charge on any atom is 2.00 e. The molecule has 0 radical (unpaired) electrons. The monoisotopic (exact) mass is 690 g/mol. The molecule has 12 nitrogen and oxygen atoms in total. The molecule has 0 aliphatic carbocycles. The van der Waals surface area contributed by atoms with Crippen LogP contribution in [0.3, 0.4) is 0 Å². The van der Waals surface area contributed by atoms with Gasteiger partial charge in [-0.15, -0.1) is 0 Å². The number of ether oxygens (including phenoxy) is 4. The number of rotatable bonds is 10. The summed E-state index contributed by atoms with van der Waals surface area (Å²) in [4.78, 5) is 0. The Morgan fingerprint density at radius 2 is 0.721 bits per heavy atom. The molecule has 4 aromatic rings. The molecule has 4 aromatic carbocycles. The average molecular weight is 689 g/mol. The van der Waals surface area contributed by atoms with Crippen molar-refractivity contribution in [3.63, 3.8) is 0 Å². The van der Waals surface area contributed by atoms with Crippen LogP contribution in [-0.4, -0.2) is 52.9 Å². The zero-order valence-electron chi connectivity index (χ0n) is 25.2. The molecule has 0 fully saturated rings. The van der Waals surface area contributed by atoms with E-state index in [0.717, 1.165) is 14.2 Å². The predicted octanol–water partition coefficient (Wildman–Crippen LogP) is 8.03. The van der Waals surface area contributed by atoms with Crippen LogP contribution in [0.2, 0.25) is 0 Å². The molecule has 4 rings (SSSR count). The number of hydrogen-bond donors (Lipinski definition) is 2. The summed E-state index contributed by atoms with van der Waals surface area (Å²) in [6.07, 6.45) is 0. The van der Waals surface area contributed by atoms with Gasteiger partial charge in [0.25, 0.3) is 0 Å². The summed E-state index contributed by atoms with van der Waals surface area (Å²) in [5.41, 5.74) is 10.6. The summed E-state index contributed by atoms with van der Waals surface area (Å²) in [5.74, 6) is 2.62. The zero-order valence-corrected chi connectivity index (χ0v) is 29.2. The Morgan fingerprint density at radius 1 is 0.442 bits per heavy atom. The van der Waals surface area contributed by atoms with Gasteiger partial charge in [-0.3, -0.25) is 10.4 Å². The van der Waals surface area contributed by atoms with Gasteiger partial charge in [-0.05, 0) is 24.3 Å². The van der Waals surface area contributed by atoms with Crippen LogP contribution in [-0.2, 0) is 27.3 Å². The van der Waals surface area contributed by atoms with Crippen molar-refractivity contribution in [3.05, 3.63) is 108 Å². The fourth-order valence-corrected chi connectivity index (χ4v) is 3.09. The number of methoxy groups -OCH3 is 4. The van der Waals surface area contributed by atoms with E-state index in [1.54, 1.807) is 52.7 Å². The number of aliphatic hydroxyl groups is 2. The quantitative estimate of drug-likeness (QED) is 0.0976. The first-order valence-electron chi connectivity index (χ1n) is 12.3. The van der Waals surface area contributed by atoms with Crippen LogP contribution in [0.5, 0.6) is 23.0 Å². The molecule has 0 heterocycles. The molecule has 43 heavy (non-hydrogen) atoms. The van der Waals surface area contributed by atoms with E-state index >= 15 is 0 Å². The van der Waals surface area contributed by atoms with Gasteiger partial charge < -0.3 is 50.2 Å². The molecule has 224 valence electrons. The van der Waals surface area contributed by atoms with Crippen molar-refractivity contribution >= 4 is 22.7 Å². The van der Waals surface area contributed by atoms with E-state index in [2.05, 4.69) is 31.5 Å². The largest absolute Gasteiger partial charge is 2.00 e. The molecule has 0 atom stereocenters. The van der Waals surface area contributed by atoms with Crippen LogP contribution >= 0.6 is 0 Å². The third kappa shape index (κ3) is 13.5. The topological polar surface area (TPSA) is 155 Å². The molecule has 0 amide bonds. The Kier molecular flexibility index (Phi) is 21.9. The number of benzene rings is 4. The van der Waals surface area contributed by atoms with Gasteiger partial charge in [0.05, 0.1) is 28.4 Å². The summed E-state index contributed by atoms with van der Waals surface area (Å²) >= 11 is 0. The summed E-state index contributed by atoms with van der Waals surface area (Å²) in [6, 6.07) is 29.4. The van der Waals surface area contributed by atoms with Gasteiger partial charge in [0, 0.05) is 37.0 Å². The molecule has 2 N–H and O–H groups in total. The minimum Gasteiger partial charge on any atom is -0.496 e. The van der Waals surface area contributed by atoms with Gasteiger partial charge in [-0.25, -0.2) is 0 Å². The number of hydrogen-bond acceptors (Lipinski definition) is 10. The first-order chi connectivity index (χ1) is 20.7. The summed E-state index contributed by atoms with van der Waals surface area (Å²) in [6.45, 7) is 0. The Bertz CT molecular complexity index is 1260. The van der Waals surface area contributed by atoms with Crippen LogP contribution < -0.4 is 18.9 Å². The fraction of sp³-hybridized carbons (Fsp3) is 0.200. The van der Waals surface area contributed by atoms with E-state index in [0.29, 0.717) is 45.7 Å². The summed E-state index contributed by atoms with van der Waals surface area (Å²) in [5, 5.41) is 29.7. The van der Waals surface area contributed by atoms with Gasteiger partial charge >= 0.3 is 27.3 Å². The third-order valence-electron chi connectivity index (χ3n) is 4.95.